The van der Waals surface area contributed by atoms with Gasteiger partial charge < -0.3 is 9.47 Å². The Morgan fingerprint density at radius 2 is 1.77 bits per heavy atom. The quantitative estimate of drug-likeness (QED) is 0.366. The summed E-state index contributed by atoms with van der Waals surface area (Å²) < 4.78 is 12.5. The van der Waals surface area contributed by atoms with Crippen LogP contribution in [0, 0.1) is 0 Å². The molecule has 30 heavy (non-hydrogen) atoms. The average Bonchev–Trinajstić information content (AvgIpc) is 3.45. The number of pyridine rings is 1. The lowest BCUT2D eigenvalue weighted by Gasteiger charge is -2.00. The molecule has 0 saturated carbocycles. The number of ketones is 1. The Morgan fingerprint density at radius 3 is 2.60 bits per heavy atom. The van der Waals surface area contributed by atoms with Crippen LogP contribution in [0.4, 0.5) is 0 Å². The van der Waals surface area contributed by atoms with Gasteiger partial charge in [-0.05, 0) is 54.6 Å². The van der Waals surface area contributed by atoms with Crippen molar-refractivity contribution in [2.75, 3.05) is 6.79 Å². The molecule has 6 nitrogen and oxygen atoms in total. The molecule has 0 aliphatic carbocycles. The Morgan fingerprint density at radius 1 is 0.967 bits per heavy atom. The molecule has 1 aliphatic heterocycles. The number of carbonyl (C=O) groups excluding carboxylic acids is 1. The molecule has 2 aromatic heterocycles. The lowest BCUT2D eigenvalue weighted by Crippen LogP contribution is -1.94. The van der Waals surface area contributed by atoms with E-state index in [4.69, 9.17) is 14.6 Å². The molecule has 2 aromatic carbocycles. The maximum Gasteiger partial charge on any atom is 0.231 e. The minimum atomic E-state index is -0.124. The van der Waals surface area contributed by atoms with Crippen LogP contribution < -0.4 is 9.47 Å². The van der Waals surface area contributed by atoms with Gasteiger partial charge in [0.05, 0.1) is 5.69 Å². The van der Waals surface area contributed by atoms with E-state index in [1.54, 1.807) is 47.4 Å². The van der Waals surface area contributed by atoms with Crippen molar-refractivity contribution in [1.82, 2.24) is 14.8 Å². The zero-order chi connectivity index (χ0) is 20.3. The van der Waals surface area contributed by atoms with E-state index in [9.17, 15) is 4.79 Å². The van der Waals surface area contributed by atoms with Gasteiger partial charge in [-0.3, -0.25) is 9.78 Å². The third kappa shape index (κ3) is 3.46. The van der Waals surface area contributed by atoms with Crippen molar-refractivity contribution in [2.24, 2.45) is 0 Å². The minimum absolute atomic E-state index is 0.124. The first-order valence-corrected chi connectivity index (χ1v) is 9.45. The topological polar surface area (TPSA) is 66.2 Å². The Bertz CT molecular complexity index is 1230. The normalized spacial score (nSPS) is 12.4. The van der Waals surface area contributed by atoms with E-state index >= 15 is 0 Å². The molecule has 6 heteroatoms. The van der Waals surface area contributed by atoms with Crippen molar-refractivity contribution < 1.29 is 14.3 Å². The van der Waals surface area contributed by atoms with Crippen LogP contribution in [0.25, 0.3) is 23.0 Å². The summed E-state index contributed by atoms with van der Waals surface area (Å²) in [5.74, 6) is 1.12. The highest BCUT2D eigenvalue weighted by atomic mass is 16.7. The number of nitrogens with zero attached hydrogens (tertiary/aromatic N) is 3. The zero-order valence-corrected chi connectivity index (χ0v) is 15.9. The summed E-state index contributed by atoms with van der Waals surface area (Å²) in [6, 6.07) is 18.8. The van der Waals surface area contributed by atoms with E-state index in [1.807, 2.05) is 48.7 Å². The molecule has 0 atom stereocenters. The van der Waals surface area contributed by atoms with Gasteiger partial charge in [0.25, 0.3) is 0 Å². The van der Waals surface area contributed by atoms with Gasteiger partial charge in [-0.2, -0.15) is 5.10 Å². The van der Waals surface area contributed by atoms with Crippen LogP contribution in [0.2, 0.25) is 0 Å². The summed E-state index contributed by atoms with van der Waals surface area (Å²) >= 11 is 0. The number of para-hydroxylation sites is 1. The predicted molar refractivity (Wildman–Crippen MR) is 113 cm³/mol. The van der Waals surface area contributed by atoms with Crippen molar-refractivity contribution in [3.63, 3.8) is 0 Å². The van der Waals surface area contributed by atoms with Gasteiger partial charge in [-0.1, -0.05) is 18.2 Å². The van der Waals surface area contributed by atoms with Crippen molar-refractivity contribution >= 4 is 11.9 Å². The molecule has 0 saturated heterocycles. The molecule has 0 fully saturated rings. The van der Waals surface area contributed by atoms with Crippen LogP contribution >= 0.6 is 0 Å². The fraction of sp³-hybridized carbons (Fsp3) is 0.0417. The summed E-state index contributed by atoms with van der Waals surface area (Å²) in [5, 5.41) is 4.74. The second-order valence-corrected chi connectivity index (χ2v) is 6.71. The molecule has 0 unspecified atom stereocenters. The summed E-state index contributed by atoms with van der Waals surface area (Å²) in [7, 11) is 0. The minimum Gasteiger partial charge on any atom is -0.454 e. The van der Waals surface area contributed by atoms with Crippen molar-refractivity contribution in [3.8, 4) is 28.4 Å². The van der Waals surface area contributed by atoms with Gasteiger partial charge in [0.2, 0.25) is 6.79 Å². The van der Waals surface area contributed by atoms with E-state index in [2.05, 4.69) is 4.98 Å². The Kier molecular flexibility index (Phi) is 4.57. The SMILES string of the molecule is O=C(/C=C/c1cn(-c2ccccc2)nc1-c1ccncc1)c1ccc2c(c1)OCO2. The number of benzene rings is 2. The third-order valence-corrected chi connectivity index (χ3v) is 4.79. The van der Waals surface area contributed by atoms with Crippen molar-refractivity contribution in [2.45, 2.75) is 0 Å². The highest BCUT2D eigenvalue weighted by molar-refractivity contribution is 6.07. The lowest BCUT2D eigenvalue weighted by atomic mass is 10.1. The smallest absolute Gasteiger partial charge is 0.231 e. The number of allylic oxidation sites excluding steroid dienone is 1. The van der Waals surface area contributed by atoms with Crippen molar-refractivity contribution in [1.29, 1.82) is 0 Å². The highest BCUT2D eigenvalue weighted by Crippen LogP contribution is 2.33. The summed E-state index contributed by atoms with van der Waals surface area (Å²) in [5.41, 5.74) is 4.01. The molecule has 0 bridgehead atoms. The van der Waals surface area contributed by atoms with Crippen molar-refractivity contribution in [3.05, 3.63) is 96.5 Å². The van der Waals surface area contributed by atoms with Crippen LogP contribution in [-0.4, -0.2) is 27.3 Å². The molecule has 0 N–H and O–H groups in total. The zero-order valence-electron chi connectivity index (χ0n) is 15.9. The van der Waals surface area contributed by atoms with Crippen LogP contribution in [-0.2, 0) is 0 Å². The number of hydrogen-bond acceptors (Lipinski definition) is 5. The third-order valence-electron chi connectivity index (χ3n) is 4.79. The standard InChI is InChI=1S/C24H17N3O3/c28-21(18-7-9-22-23(14-18)30-16-29-22)8-6-19-15-27(20-4-2-1-3-5-20)26-24(19)17-10-12-25-13-11-17/h1-15H,16H2/b8-6+. The fourth-order valence-electron chi connectivity index (χ4n) is 3.27. The van der Waals surface area contributed by atoms with E-state index < -0.39 is 0 Å². The average molecular weight is 395 g/mol. The number of carbonyl (C=O) groups is 1. The highest BCUT2D eigenvalue weighted by Gasteiger charge is 2.16. The van der Waals surface area contributed by atoms with Gasteiger partial charge in [0.15, 0.2) is 17.3 Å². The van der Waals surface area contributed by atoms with E-state index in [-0.39, 0.29) is 12.6 Å². The summed E-state index contributed by atoms with van der Waals surface area (Å²) in [4.78, 5) is 16.8. The first kappa shape index (κ1) is 17.9. The molecule has 3 heterocycles. The number of fused-ring (bicyclic) bond motifs is 1. The van der Waals surface area contributed by atoms with Gasteiger partial charge >= 0.3 is 0 Å². The molecule has 1 aliphatic rings. The molecule has 4 aromatic rings. The first-order chi connectivity index (χ1) is 14.8. The molecule has 0 amide bonds. The second kappa shape index (κ2) is 7.67. The van der Waals surface area contributed by atoms with Crippen LogP contribution in [0.1, 0.15) is 15.9 Å². The largest absolute Gasteiger partial charge is 0.454 e. The molecule has 0 radical (unpaired) electrons. The summed E-state index contributed by atoms with van der Waals surface area (Å²) in [6.07, 6.45) is 8.70. The maximum atomic E-state index is 12.7. The fourth-order valence-corrected chi connectivity index (χ4v) is 3.27. The second-order valence-electron chi connectivity index (χ2n) is 6.71. The molecular weight excluding hydrogens is 378 g/mol. The van der Waals surface area contributed by atoms with E-state index in [1.165, 1.54) is 0 Å². The van der Waals surface area contributed by atoms with Crippen LogP contribution in [0.5, 0.6) is 11.5 Å². The van der Waals surface area contributed by atoms with Gasteiger partial charge in [-0.15, -0.1) is 0 Å². The summed E-state index contributed by atoms with van der Waals surface area (Å²) in [6.45, 7) is 0.177. The number of hydrogen-bond donors (Lipinski definition) is 0. The number of rotatable bonds is 5. The van der Waals surface area contributed by atoms with E-state index in [0.717, 1.165) is 22.5 Å². The van der Waals surface area contributed by atoms with Crippen LogP contribution in [0.15, 0.2) is 85.3 Å². The maximum absolute atomic E-state index is 12.7. The lowest BCUT2D eigenvalue weighted by molar-refractivity contribution is 0.104. The monoisotopic (exact) mass is 395 g/mol. The molecule has 5 rings (SSSR count). The van der Waals surface area contributed by atoms with Gasteiger partial charge in [0.1, 0.15) is 5.69 Å². The molecule has 146 valence electrons. The van der Waals surface area contributed by atoms with Gasteiger partial charge in [-0.25, -0.2) is 4.68 Å². The molecular formula is C24H17N3O3. The Hall–Kier alpha value is -4.19. The Balaban J connectivity index is 1.49. The number of aromatic nitrogens is 3. The predicted octanol–water partition coefficient (Wildman–Crippen LogP) is 4.56. The Labute approximate surface area is 173 Å². The molecule has 0 spiro atoms. The van der Waals surface area contributed by atoms with Gasteiger partial charge in [0, 0.05) is 35.3 Å². The van der Waals surface area contributed by atoms with Crippen LogP contribution in [0.3, 0.4) is 0 Å². The van der Waals surface area contributed by atoms with E-state index in [0.29, 0.717) is 17.1 Å². The number of ether oxygens (including phenoxy) is 2. The first-order valence-electron chi connectivity index (χ1n) is 9.45.